The first-order valence-corrected chi connectivity index (χ1v) is 8.98. The predicted octanol–water partition coefficient (Wildman–Crippen LogP) is 1.79. The number of nitrogens with one attached hydrogen (secondary N) is 1. The maximum Gasteiger partial charge on any atom is 0.344 e. The first-order chi connectivity index (χ1) is 13.0. The van der Waals surface area contributed by atoms with Gasteiger partial charge in [-0.25, -0.2) is 9.59 Å². The van der Waals surface area contributed by atoms with Gasteiger partial charge in [-0.1, -0.05) is 42.5 Å². The minimum atomic E-state index is -2.31. The Bertz CT molecular complexity index is 765. The minimum absolute atomic E-state index is 0.0853. The highest BCUT2D eigenvalue weighted by Crippen LogP contribution is 2.07. The number of hydrogen-bond acceptors (Lipinski definition) is 7. The minimum Gasteiger partial charge on any atom is -0.458 e. The molecule has 2 aromatic carbocycles. The summed E-state index contributed by atoms with van der Waals surface area (Å²) in [6, 6.07) is 15.7. The highest BCUT2D eigenvalue weighted by atomic mass is 32.2. The summed E-state index contributed by atoms with van der Waals surface area (Å²) in [7, 11) is 0. The molecule has 1 unspecified atom stereocenters. The zero-order valence-corrected chi connectivity index (χ0v) is 15.1. The highest BCUT2D eigenvalue weighted by Gasteiger charge is 2.11. The van der Waals surface area contributed by atoms with Crippen LogP contribution in [0, 0.1) is 0 Å². The van der Waals surface area contributed by atoms with E-state index in [4.69, 9.17) is 14.0 Å². The smallest absolute Gasteiger partial charge is 0.344 e. The van der Waals surface area contributed by atoms with Crippen LogP contribution in [0.3, 0.4) is 0 Å². The molecule has 0 heterocycles. The van der Waals surface area contributed by atoms with Crippen LogP contribution < -0.4 is 5.32 Å². The van der Waals surface area contributed by atoms with Gasteiger partial charge in [0.15, 0.2) is 6.61 Å². The van der Waals surface area contributed by atoms with Crippen molar-refractivity contribution in [1.29, 1.82) is 0 Å². The largest absolute Gasteiger partial charge is 0.458 e. The molecule has 2 N–H and O–H groups in total. The van der Waals surface area contributed by atoms with Crippen molar-refractivity contribution < 1.29 is 32.0 Å². The summed E-state index contributed by atoms with van der Waals surface area (Å²) in [6.45, 7) is -0.0482. The Kier molecular flexibility index (Phi) is 8.59. The molecular weight excluding hydrogens is 374 g/mol. The van der Waals surface area contributed by atoms with E-state index in [-0.39, 0.29) is 13.3 Å². The molecule has 0 aliphatic heterocycles. The normalized spacial score (nSPS) is 11.6. The Hall–Kier alpha value is -2.59. The Balaban J connectivity index is 1.70. The fourth-order valence-electron chi connectivity index (χ4n) is 2.03. The zero-order chi connectivity index (χ0) is 19.5. The second-order valence-electron chi connectivity index (χ2n) is 5.33. The second-order valence-corrected chi connectivity index (χ2v) is 6.00. The van der Waals surface area contributed by atoms with E-state index < -0.39 is 29.9 Å². The van der Waals surface area contributed by atoms with Crippen LogP contribution in [-0.2, 0) is 43.0 Å². The van der Waals surface area contributed by atoms with Crippen LogP contribution in [0.5, 0.6) is 0 Å². The van der Waals surface area contributed by atoms with Crippen molar-refractivity contribution in [2.24, 2.45) is 0 Å². The van der Waals surface area contributed by atoms with E-state index in [0.29, 0.717) is 12.1 Å². The van der Waals surface area contributed by atoms with E-state index in [9.17, 15) is 13.8 Å². The van der Waals surface area contributed by atoms with Crippen LogP contribution >= 0.6 is 0 Å². The third-order valence-corrected chi connectivity index (χ3v) is 3.66. The van der Waals surface area contributed by atoms with Crippen LogP contribution in [-0.4, -0.2) is 34.0 Å². The maximum atomic E-state index is 11.9. The lowest BCUT2D eigenvalue weighted by atomic mass is 10.1. The highest BCUT2D eigenvalue weighted by molar-refractivity contribution is 7.74. The Morgan fingerprint density at radius 2 is 1.67 bits per heavy atom. The fraction of sp³-hybridized carbons (Fsp3) is 0.222. The average Bonchev–Trinajstić information content (AvgIpc) is 2.69. The first-order valence-electron chi connectivity index (χ1n) is 7.95. The zero-order valence-electron chi connectivity index (χ0n) is 14.3. The van der Waals surface area contributed by atoms with Crippen molar-refractivity contribution >= 4 is 23.3 Å². The molecule has 0 aromatic heterocycles. The van der Waals surface area contributed by atoms with Gasteiger partial charge >= 0.3 is 23.3 Å². The van der Waals surface area contributed by atoms with Gasteiger partial charge in [-0.05, 0) is 23.3 Å². The lowest BCUT2D eigenvalue weighted by Crippen LogP contribution is -2.18. The van der Waals surface area contributed by atoms with Gasteiger partial charge in [0.1, 0.15) is 13.3 Å². The van der Waals surface area contributed by atoms with Gasteiger partial charge in [0, 0.05) is 6.54 Å². The summed E-state index contributed by atoms with van der Waals surface area (Å²) in [5.41, 5.74) is 1.97. The summed E-state index contributed by atoms with van der Waals surface area (Å²) in [4.78, 5) is 23.6. The molecular formula is C18H19NO7S. The molecule has 0 fully saturated rings. The average molecular weight is 393 g/mol. The van der Waals surface area contributed by atoms with Gasteiger partial charge in [0.05, 0.1) is 5.56 Å². The monoisotopic (exact) mass is 393 g/mol. The summed E-state index contributed by atoms with van der Waals surface area (Å²) in [6.07, 6.45) is 0. The maximum absolute atomic E-state index is 11.9. The van der Waals surface area contributed by atoms with Crippen molar-refractivity contribution in [2.75, 3.05) is 13.3 Å². The third kappa shape index (κ3) is 8.09. The summed E-state index contributed by atoms with van der Waals surface area (Å²) < 4.78 is 33.2. The number of hydrogen-bond donors (Lipinski definition) is 2. The first kappa shape index (κ1) is 20.7. The number of benzene rings is 2. The van der Waals surface area contributed by atoms with E-state index in [1.807, 2.05) is 30.3 Å². The van der Waals surface area contributed by atoms with Crippen molar-refractivity contribution in [2.45, 2.75) is 13.2 Å². The summed E-state index contributed by atoms with van der Waals surface area (Å²) >= 11 is -2.31. The van der Waals surface area contributed by atoms with E-state index in [1.165, 1.54) is 0 Å². The standard InChI is InChI=1S/C18H19NO7S/c20-17(24-11-15-4-2-1-3-5-15)12-25-18(21)16-8-6-14(7-9-16)10-19-13-26-27(22)23/h1-9,19H,10-13H2,(H,22,23). The molecule has 0 radical (unpaired) electrons. The molecule has 0 aliphatic rings. The van der Waals surface area contributed by atoms with Crippen molar-refractivity contribution in [3.05, 3.63) is 71.3 Å². The molecule has 144 valence electrons. The van der Waals surface area contributed by atoms with Gasteiger partial charge < -0.3 is 9.47 Å². The van der Waals surface area contributed by atoms with Crippen LogP contribution in [0.1, 0.15) is 21.5 Å². The van der Waals surface area contributed by atoms with Gasteiger partial charge in [-0.2, -0.15) is 4.21 Å². The SMILES string of the molecule is O=C(COC(=O)c1ccc(CNCOS(=O)O)cc1)OCc1ccccc1. The number of rotatable bonds is 10. The topological polar surface area (TPSA) is 111 Å². The molecule has 1 atom stereocenters. The molecule has 2 aromatic rings. The number of carbonyl (C=O) groups is 2. The van der Waals surface area contributed by atoms with Gasteiger partial charge in [0.2, 0.25) is 0 Å². The molecule has 9 heteroatoms. The third-order valence-electron chi connectivity index (χ3n) is 3.34. The Morgan fingerprint density at radius 1 is 0.963 bits per heavy atom. The van der Waals surface area contributed by atoms with Crippen molar-refractivity contribution in [3.8, 4) is 0 Å². The molecule has 0 aliphatic carbocycles. The predicted molar refractivity (Wildman–Crippen MR) is 96.5 cm³/mol. The van der Waals surface area contributed by atoms with E-state index in [0.717, 1.165) is 11.1 Å². The van der Waals surface area contributed by atoms with E-state index >= 15 is 0 Å². The van der Waals surface area contributed by atoms with E-state index in [1.54, 1.807) is 24.3 Å². The number of esters is 2. The van der Waals surface area contributed by atoms with Crippen LogP contribution in [0.2, 0.25) is 0 Å². The van der Waals surface area contributed by atoms with E-state index in [2.05, 4.69) is 9.50 Å². The van der Waals surface area contributed by atoms with Crippen LogP contribution in [0.25, 0.3) is 0 Å². The van der Waals surface area contributed by atoms with Crippen LogP contribution in [0.15, 0.2) is 54.6 Å². The van der Waals surface area contributed by atoms with Crippen molar-refractivity contribution in [3.63, 3.8) is 0 Å². The Morgan fingerprint density at radius 3 is 2.33 bits per heavy atom. The lowest BCUT2D eigenvalue weighted by Gasteiger charge is -2.07. The molecule has 2 rings (SSSR count). The van der Waals surface area contributed by atoms with Crippen molar-refractivity contribution in [1.82, 2.24) is 5.32 Å². The molecule has 0 bridgehead atoms. The summed E-state index contributed by atoms with van der Waals surface area (Å²) in [5.74, 6) is -1.26. The van der Waals surface area contributed by atoms with Gasteiger partial charge in [-0.15, -0.1) is 0 Å². The van der Waals surface area contributed by atoms with Gasteiger partial charge in [-0.3, -0.25) is 14.1 Å². The molecule has 8 nitrogen and oxygen atoms in total. The molecule has 27 heavy (non-hydrogen) atoms. The second kappa shape index (κ2) is 11.2. The van der Waals surface area contributed by atoms with Gasteiger partial charge in [0.25, 0.3) is 0 Å². The molecule has 0 saturated heterocycles. The molecule has 0 saturated carbocycles. The van der Waals surface area contributed by atoms with Crippen LogP contribution in [0.4, 0.5) is 0 Å². The quantitative estimate of drug-likeness (QED) is 0.272. The summed E-state index contributed by atoms with van der Waals surface area (Å²) in [5, 5.41) is 2.80. The molecule has 0 amide bonds. The lowest BCUT2D eigenvalue weighted by molar-refractivity contribution is -0.148. The number of ether oxygens (including phenoxy) is 2. The fourth-order valence-corrected chi connectivity index (χ4v) is 2.22. The number of carbonyl (C=O) groups excluding carboxylic acids is 2. The Labute approximate surface area is 158 Å². The molecule has 0 spiro atoms.